The number of hydrogen-bond acceptors (Lipinski definition) is 6. The van der Waals surface area contributed by atoms with E-state index >= 15 is 0 Å². The number of hydrogen-bond donors (Lipinski definition) is 1. The fourth-order valence-electron chi connectivity index (χ4n) is 2.65. The molecule has 23 heavy (non-hydrogen) atoms. The van der Waals surface area contributed by atoms with Gasteiger partial charge >= 0.3 is 0 Å². The molecular weight excluding hydrogens is 308 g/mol. The number of aromatic nitrogens is 2. The van der Waals surface area contributed by atoms with Crippen LogP contribution in [0.2, 0.25) is 0 Å². The lowest BCUT2D eigenvalue weighted by atomic mass is 9.90. The van der Waals surface area contributed by atoms with Crippen molar-refractivity contribution < 1.29 is 4.79 Å². The van der Waals surface area contributed by atoms with Crippen LogP contribution in [0.15, 0.2) is 29.6 Å². The van der Waals surface area contributed by atoms with Gasteiger partial charge in [-0.05, 0) is 42.9 Å². The number of carbonyl (C=O) groups is 1. The number of rotatable bonds is 4. The van der Waals surface area contributed by atoms with Crippen LogP contribution in [0, 0.1) is 11.3 Å². The number of anilines is 1. The zero-order valence-electron chi connectivity index (χ0n) is 12.6. The fourth-order valence-corrected chi connectivity index (χ4v) is 3.37. The average molecular weight is 324 g/mol. The van der Waals surface area contributed by atoms with Crippen molar-refractivity contribution in [2.75, 3.05) is 11.5 Å². The molecule has 2 aromatic rings. The molecule has 1 aliphatic carbocycles. The Morgan fingerprint density at radius 1 is 1.30 bits per heavy atom. The summed E-state index contributed by atoms with van der Waals surface area (Å²) in [5, 5.41) is 9.21. The van der Waals surface area contributed by atoms with Crippen molar-refractivity contribution in [3.8, 4) is 6.07 Å². The molecule has 0 atom stereocenters. The maximum atomic E-state index is 12.4. The van der Waals surface area contributed by atoms with Gasteiger partial charge in [-0.25, -0.2) is 9.97 Å². The summed E-state index contributed by atoms with van der Waals surface area (Å²) < 4.78 is 0. The van der Waals surface area contributed by atoms with E-state index in [1.165, 1.54) is 41.9 Å². The minimum absolute atomic E-state index is 0.0508. The number of nitrogen functional groups attached to an aromatic ring is 1. The van der Waals surface area contributed by atoms with Gasteiger partial charge in [0.15, 0.2) is 10.9 Å². The average Bonchev–Trinajstić information content (AvgIpc) is 2.59. The zero-order valence-corrected chi connectivity index (χ0v) is 13.4. The molecule has 116 valence electrons. The summed E-state index contributed by atoms with van der Waals surface area (Å²) in [6, 6.07) is 7.91. The van der Waals surface area contributed by atoms with Crippen LogP contribution in [-0.4, -0.2) is 21.5 Å². The van der Waals surface area contributed by atoms with Crippen LogP contribution in [0.5, 0.6) is 0 Å². The third-order valence-electron chi connectivity index (χ3n) is 3.92. The number of nitriles is 1. The Morgan fingerprint density at radius 2 is 2.09 bits per heavy atom. The summed E-state index contributed by atoms with van der Waals surface area (Å²) in [7, 11) is 0. The first-order valence-corrected chi connectivity index (χ1v) is 8.46. The van der Waals surface area contributed by atoms with E-state index < -0.39 is 0 Å². The lowest BCUT2D eigenvalue weighted by Gasteiger charge is -2.16. The number of nitrogens with zero attached hydrogens (tertiary/aromatic N) is 3. The van der Waals surface area contributed by atoms with Crippen LogP contribution in [0.25, 0.3) is 0 Å². The number of ketones is 1. The molecule has 3 rings (SSSR count). The van der Waals surface area contributed by atoms with E-state index in [9.17, 15) is 4.79 Å². The van der Waals surface area contributed by atoms with Crippen molar-refractivity contribution in [3.63, 3.8) is 0 Å². The number of aryl methyl sites for hydroxylation is 2. The van der Waals surface area contributed by atoms with E-state index in [1.807, 2.05) is 18.2 Å². The molecule has 1 heterocycles. The molecule has 1 aromatic heterocycles. The summed E-state index contributed by atoms with van der Waals surface area (Å²) in [5.74, 6) is 0.450. The number of carbonyl (C=O) groups excluding carboxylic acids is 1. The normalized spacial score (nSPS) is 13.2. The van der Waals surface area contributed by atoms with E-state index in [1.54, 1.807) is 0 Å². The Labute approximate surface area is 138 Å². The van der Waals surface area contributed by atoms with Crippen LogP contribution in [-0.2, 0) is 12.8 Å². The van der Waals surface area contributed by atoms with Gasteiger partial charge in [0.1, 0.15) is 17.5 Å². The number of nitrogens with two attached hydrogens (primary N) is 1. The maximum Gasteiger partial charge on any atom is 0.189 e. The first-order chi connectivity index (χ1) is 11.2. The van der Waals surface area contributed by atoms with Crippen molar-refractivity contribution in [3.05, 3.63) is 46.6 Å². The minimum Gasteiger partial charge on any atom is -0.382 e. The van der Waals surface area contributed by atoms with Gasteiger partial charge in [-0.15, -0.1) is 0 Å². The second kappa shape index (κ2) is 6.80. The molecule has 2 N–H and O–H groups in total. The van der Waals surface area contributed by atoms with E-state index in [4.69, 9.17) is 11.0 Å². The highest BCUT2D eigenvalue weighted by Crippen LogP contribution is 2.23. The molecule has 6 heteroatoms. The second-order valence-electron chi connectivity index (χ2n) is 5.47. The molecule has 0 aliphatic heterocycles. The molecule has 0 spiro atoms. The summed E-state index contributed by atoms with van der Waals surface area (Å²) in [5.41, 5.74) is 9.30. The van der Waals surface area contributed by atoms with Crippen molar-refractivity contribution in [2.45, 2.75) is 30.8 Å². The third-order valence-corrected chi connectivity index (χ3v) is 4.78. The molecule has 0 amide bonds. The highest BCUT2D eigenvalue weighted by Gasteiger charge is 2.14. The number of benzene rings is 1. The predicted octanol–water partition coefficient (Wildman–Crippen LogP) is 2.78. The van der Waals surface area contributed by atoms with Gasteiger partial charge in [-0.3, -0.25) is 4.79 Å². The molecule has 0 saturated heterocycles. The SMILES string of the molecule is N#Cc1cnc(SCC(=O)c2ccc3c(c2)CCCC3)nc1N. The van der Waals surface area contributed by atoms with Gasteiger partial charge in [0.25, 0.3) is 0 Å². The summed E-state index contributed by atoms with van der Waals surface area (Å²) in [4.78, 5) is 20.4. The summed E-state index contributed by atoms with van der Waals surface area (Å²) in [6.45, 7) is 0. The first-order valence-electron chi connectivity index (χ1n) is 7.48. The number of fused-ring (bicyclic) bond motifs is 1. The van der Waals surface area contributed by atoms with Crippen molar-refractivity contribution in [1.29, 1.82) is 5.26 Å². The van der Waals surface area contributed by atoms with Crippen molar-refractivity contribution >= 4 is 23.4 Å². The monoisotopic (exact) mass is 324 g/mol. The smallest absolute Gasteiger partial charge is 0.189 e. The summed E-state index contributed by atoms with van der Waals surface area (Å²) >= 11 is 1.23. The van der Waals surface area contributed by atoms with Crippen LogP contribution >= 0.6 is 11.8 Å². The minimum atomic E-state index is 0.0508. The van der Waals surface area contributed by atoms with Crippen LogP contribution in [0.3, 0.4) is 0 Å². The first kappa shape index (κ1) is 15.5. The topological polar surface area (TPSA) is 92.7 Å². The fraction of sp³-hybridized carbons (Fsp3) is 0.294. The van der Waals surface area contributed by atoms with E-state index in [0.29, 0.717) is 5.16 Å². The quantitative estimate of drug-likeness (QED) is 0.528. The second-order valence-corrected chi connectivity index (χ2v) is 6.41. The van der Waals surface area contributed by atoms with Crippen LogP contribution in [0.1, 0.15) is 39.9 Å². The largest absolute Gasteiger partial charge is 0.382 e. The molecule has 0 saturated carbocycles. The van der Waals surface area contributed by atoms with Crippen molar-refractivity contribution in [2.24, 2.45) is 0 Å². The Hall–Kier alpha value is -2.39. The predicted molar refractivity (Wildman–Crippen MR) is 89.3 cm³/mol. The molecule has 1 aliphatic rings. The zero-order chi connectivity index (χ0) is 16.2. The van der Waals surface area contributed by atoms with E-state index in [2.05, 4.69) is 16.0 Å². The maximum absolute atomic E-state index is 12.4. The van der Waals surface area contributed by atoms with E-state index in [-0.39, 0.29) is 22.9 Å². The molecule has 0 unspecified atom stereocenters. The van der Waals surface area contributed by atoms with Gasteiger partial charge in [-0.2, -0.15) is 5.26 Å². The van der Waals surface area contributed by atoms with Crippen LogP contribution in [0.4, 0.5) is 5.82 Å². The molecule has 0 fully saturated rings. The highest BCUT2D eigenvalue weighted by atomic mass is 32.2. The molecule has 0 bridgehead atoms. The highest BCUT2D eigenvalue weighted by molar-refractivity contribution is 7.99. The molecule has 1 aromatic carbocycles. The van der Waals surface area contributed by atoms with Gasteiger partial charge in [0.05, 0.1) is 11.9 Å². The van der Waals surface area contributed by atoms with Crippen LogP contribution < -0.4 is 5.73 Å². The van der Waals surface area contributed by atoms with Gasteiger partial charge in [0, 0.05) is 5.56 Å². The van der Waals surface area contributed by atoms with Gasteiger partial charge in [0.2, 0.25) is 0 Å². The number of thioether (sulfide) groups is 1. The third kappa shape index (κ3) is 3.51. The summed E-state index contributed by atoms with van der Waals surface area (Å²) in [6.07, 6.45) is 5.97. The lowest BCUT2D eigenvalue weighted by molar-refractivity contribution is 0.102. The van der Waals surface area contributed by atoms with E-state index in [0.717, 1.165) is 18.4 Å². The Morgan fingerprint density at radius 3 is 2.83 bits per heavy atom. The molecular formula is C17H16N4OS. The molecule has 0 radical (unpaired) electrons. The Balaban J connectivity index is 1.68. The lowest BCUT2D eigenvalue weighted by Crippen LogP contribution is -2.08. The standard InChI is InChI=1S/C17H16N4OS/c18-8-14-9-20-17(21-16(14)19)23-10-15(22)13-6-5-11-3-1-2-4-12(11)7-13/h5-7,9H,1-4,10H2,(H2,19,20,21). The Bertz CT molecular complexity index is 798. The van der Waals surface area contributed by atoms with Gasteiger partial charge in [-0.1, -0.05) is 23.9 Å². The van der Waals surface area contributed by atoms with Gasteiger partial charge < -0.3 is 5.73 Å². The Kier molecular flexibility index (Phi) is 4.58. The van der Waals surface area contributed by atoms with Crippen molar-refractivity contribution in [1.82, 2.24) is 9.97 Å². The molecule has 5 nitrogen and oxygen atoms in total. The number of Topliss-reactive ketones (excluding diaryl/α,β-unsaturated/α-hetero) is 1.